The van der Waals surface area contributed by atoms with Crippen LogP contribution in [0.1, 0.15) is 33.3 Å². The van der Waals surface area contributed by atoms with Gasteiger partial charge in [0.05, 0.1) is 10.5 Å². The van der Waals surface area contributed by atoms with E-state index in [1.807, 2.05) is 0 Å². The molecule has 1 atom stereocenters. The lowest BCUT2D eigenvalue weighted by Gasteiger charge is -2.27. The molecule has 22 heavy (non-hydrogen) atoms. The molecule has 0 aliphatic rings. The van der Waals surface area contributed by atoms with Crippen molar-refractivity contribution in [1.29, 1.82) is 0 Å². The zero-order chi connectivity index (χ0) is 17.1. The zero-order valence-electron chi connectivity index (χ0n) is 12.7. The van der Waals surface area contributed by atoms with Crippen molar-refractivity contribution in [2.24, 2.45) is 0 Å². The fraction of sp³-hybridized carbons (Fsp3) is 0.429. The van der Waals surface area contributed by atoms with Gasteiger partial charge in [0.1, 0.15) is 23.2 Å². The molecule has 1 rings (SSSR count). The minimum atomic E-state index is -1.93. The van der Waals surface area contributed by atoms with E-state index in [1.165, 1.54) is 0 Å². The van der Waals surface area contributed by atoms with Crippen LogP contribution in [-0.4, -0.2) is 22.9 Å². The van der Waals surface area contributed by atoms with E-state index in [0.717, 1.165) is 25.1 Å². The van der Waals surface area contributed by atoms with Crippen molar-refractivity contribution in [3.8, 4) is 0 Å². The topological polar surface area (TPSA) is 98.5 Å². The summed E-state index contributed by atoms with van der Waals surface area (Å²) in [5.74, 6) is -0.972. The van der Waals surface area contributed by atoms with Crippen LogP contribution in [0.2, 0.25) is 0 Å². The van der Waals surface area contributed by atoms with E-state index in [1.54, 1.807) is 20.8 Å². The van der Waals surface area contributed by atoms with Crippen molar-refractivity contribution in [2.75, 3.05) is 0 Å². The van der Waals surface area contributed by atoms with E-state index in [4.69, 9.17) is 4.74 Å². The maximum atomic E-state index is 14.0. The summed E-state index contributed by atoms with van der Waals surface area (Å²) in [5, 5.41) is 13.2. The number of carbonyl (C=O) groups is 2. The van der Waals surface area contributed by atoms with E-state index in [2.05, 4.69) is 5.32 Å². The van der Waals surface area contributed by atoms with Crippen molar-refractivity contribution >= 4 is 18.1 Å². The van der Waals surface area contributed by atoms with Crippen LogP contribution >= 0.6 is 0 Å². The molecule has 1 N–H and O–H groups in total. The highest BCUT2D eigenvalue weighted by Crippen LogP contribution is 2.31. The summed E-state index contributed by atoms with van der Waals surface area (Å²) >= 11 is 0. The highest BCUT2D eigenvalue weighted by atomic mass is 19.1. The first-order valence-corrected chi connectivity index (χ1v) is 6.41. The quantitative estimate of drug-likeness (QED) is 0.523. The van der Waals surface area contributed by atoms with Crippen LogP contribution in [0.3, 0.4) is 0 Å². The molecule has 0 saturated heterocycles. The Hall–Kier alpha value is -2.51. The van der Waals surface area contributed by atoms with Crippen LogP contribution in [-0.2, 0) is 15.1 Å². The summed E-state index contributed by atoms with van der Waals surface area (Å²) in [6.45, 7) is 5.98. The first-order valence-electron chi connectivity index (χ1n) is 6.41. The molecule has 1 amide bonds. The summed E-state index contributed by atoms with van der Waals surface area (Å²) in [6, 6.07) is 3.17. The summed E-state index contributed by atoms with van der Waals surface area (Å²) in [7, 11) is 0. The number of amides is 1. The Bertz CT molecular complexity index is 612. The Kier molecular flexibility index (Phi) is 4.85. The van der Waals surface area contributed by atoms with Gasteiger partial charge in [-0.25, -0.2) is 9.18 Å². The lowest BCUT2D eigenvalue weighted by Crippen LogP contribution is -2.47. The van der Waals surface area contributed by atoms with Gasteiger partial charge in [-0.2, -0.15) is 0 Å². The molecule has 0 radical (unpaired) electrons. The van der Waals surface area contributed by atoms with Crippen molar-refractivity contribution in [3.63, 3.8) is 0 Å². The normalized spacial score (nSPS) is 13.9. The Morgan fingerprint density at radius 2 is 1.95 bits per heavy atom. The number of carbonyl (C=O) groups excluding carboxylic acids is 2. The molecule has 8 heteroatoms. The molecular weight excluding hydrogens is 295 g/mol. The number of nitro groups is 1. The number of hydrogen-bond acceptors (Lipinski definition) is 5. The predicted molar refractivity (Wildman–Crippen MR) is 75.8 cm³/mol. The standard InChI is InChI=1S/C14H17FN2O5/c1-13(2,3)22-12(19)16-14(4,8-18)11-9(15)6-5-7-10(11)17(20)21/h5-8H,1-4H3,(H,16,19). The minimum Gasteiger partial charge on any atom is -0.444 e. The van der Waals surface area contributed by atoms with Gasteiger partial charge >= 0.3 is 6.09 Å². The maximum Gasteiger partial charge on any atom is 0.408 e. The molecule has 0 aliphatic carbocycles. The van der Waals surface area contributed by atoms with Crippen LogP contribution in [0.4, 0.5) is 14.9 Å². The molecule has 0 fully saturated rings. The Labute approximate surface area is 126 Å². The Balaban J connectivity index is 3.28. The van der Waals surface area contributed by atoms with E-state index in [0.29, 0.717) is 0 Å². The second kappa shape index (κ2) is 6.08. The van der Waals surface area contributed by atoms with Gasteiger partial charge in [0.15, 0.2) is 0 Å². The van der Waals surface area contributed by atoms with Gasteiger partial charge in [0, 0.05) is 6.07 Å². The van der Waals surface area contributed by atoms with Crippen molar-refractivity contribution in [1.82, 2.24) is 5.32 Å². The molecule has 0 heterocycles. The van der Waals surface area contributed by atoms with Gasteiger partial charge in [0.2, 0.25) is 0 Å². The number of hydrogen-bond donors (Lipinski definition) is 1. The van der Waals surface area contributed by atoms with E-state index in [-0.39, 0.29) is 6.29 Å². The number of aldehydes is 1. The molecule has 0 spiro atoms. The largest absolute Gasteiger partial charge is 0.444 e. The number of nitrogens with one attached hydrogen (secondary N) is 1. The number of ether oxygens (including phenoxy) is 1. The van der Waals surface area contributed by atoms with Crippen LogP contribution in [0.15, 0.2) is 18.2 Å². The van der Waals surface area contributed by atoms with E-state index < -0.39 is 39.2 Å². The van der Waals surface area contributed by atoms with Crippen LogP contribution in [0.25, 0.3) is 0 Å². The Morgan fingerprint density at radius 1 is 1.36 bits per heavy atom. The van der Waals surface area contributed by atoms with E-state index in [9.17, 15) is 24.1 Å². The lowest BCUT2D eigenvalue weighted by atomic mass is 9.91. The number of nitrogens with zero attached hydrogens (tertiary/aromatic N) is 1. The van der Waals surface area contributed by atoms with Crippen LogP contribution in [0, 0.1) is 15.9 Å². The summed E-state index contributed by atoms with van der Waals surface area (Å²) < 4.78 is 19.0. The number of rotatable bonds is 4. The minimum absolute atomic E-state index is 0.225. The van der Waals surface area contributed by atoms with E-state index >= 15 is 0 Å². The molecule has 0 bridgehead atoms. The van der Waals surface area contributed by atoms with Crippen LogP contribution in [0.5, 0.6) is 0 Å². The lowest BCUT2D eigenvalue weighted by molar-refractivity contribution is -0.386. The highest BCUT2D eigenvalue weighted by molar-refractivity contribution is 5.79. The SMILES string of the molecule is CC(C)(C)OC(=O)NC(C)(C=O)c1c(F)cccc1[N+](=O)[O-]. The molecular formula is C14H17FN2O5. The molecule has 1 aromatic rings. The highest BCUT2D eigenvalue weighted by Gasteiger charge is 2.38. The molecule has 0 aromatic heterocycles. The van der Waals surface area contributed by atoms with Crippen molar-refractivity contribution in [3.05, 3.63) is 39.7 Å². The maximum absolute atomic E-state index is 14.0. The third kappa shape index (κ3) is 4.00. The molecule has 0 aliphatic heterocycles. The number of halogens is 1. The van der Waals surface area contributed by atoms with Crippen LogP contribution < -0.4 is 5.32 Å². The summed E-state index contributed by atoms with van der Waals surface area (Å²) in [4.78, 5) is 33.4. The molecule has 1 unspecified atom stereocenters. The predicted octanol–water partition coefficient (Wildman–Crippen LogP) is 2.67. The van der Waals surface area contributed by atoms with Crippen molar-refractivity contribution < 1.29 is 23.6 Å². The molecule has 7 nitrogen and oxygen atoms in total. The first kappa shape index (κ1) is 17.5. The van der Waals surface area contributed by atoms with Gasteiger partial charge in [-0.1, -0.05) is 6.07 Å². The molecule has 120 valence electrons. The van der Waals surface area contributed by atoms with Gasteiger partial charge in [-0.15, -0.1) is 0 Å². The Morgan fingerprint density at radius 3 is 2.41 bits per heavy atom. The summed E-state index contributed by atoms with van der Waals surface area (Å²) in [5.41, 5.74) is -3.91. The van der Waals surface area contributed by atoms with Crippen molar-refractivity contribution in [2.45, 2.75) is 38.8 Å². The number of alkyl carbamates (subject to hydrolysis) is 1. The molecule has 1 aromatic carbocycles. The number of nitro benzene ring substituents is 1. The average molecular weight is 312 g/mol. The van der Waals surface area contributed by atoms with Gasteiger partial charge in [-0.3, -0.25) is 10.1 Å². The monoisotopic (exact) mass is 312 g/mol. The van der Waals surface area contributed by atoms with Gasteiger partial charge < -0.3 is 14.8 Å². The fourth-order valence-corrected chi connectivity index (χ4v) is 1.85. The first-order chi connectivity index (χ1) is 10.00. The summed E-state index contributed by atoms with van der Waals surface area (Å²) in [6.07, 6.45) is -0.762. The second-order valence-corrected chi connectivity index (χ2v) is 5.84. The zero-order valence-corrected chi connectivity index (χ0v) is 12.7. The van der Waals surface area contributed by atoms with Gasteiger partial charge in [-0.05, 0) is 33.8 Å². The number of benzene rings is 1. The second-order valence-electron chi connectivity index (χ2n) is 5.84. The van der Waals surface area contributed by atoms with Gasteiger partial charge in [0.25, 0.3) is 5.69 Å². The average Bonchev–Trinajstić information content (AvgIpc) is 2.35. The fourth-order valence-electron chi connectivity index (χ4n) is 1.85. The third-order valence-corrected chi connectivity index (χ3v) is 2.70. The third-order valence-electron chi connectivity index (χ3n) is 2.70. The molecule has 0 saturated carbocycles. The smallest absolute Gasteiger partial charge is 0.408 e.